The van der Waals surface area contributed by atoms with Crippen LogP contribution in [-0.2, 0) is 6.42 Å². The Labute approximate surface area is 110 Å². The van der Waals surface area contributed by atoms with Gasteiger partial charge in [0, 0.05) is 26.1 Å². The quantitative estimate of drug-likeness (QED) is 0.778. The molecule has 1 atom stereocenters. The number of aryl methyl sites for hydroxylation is 1. The zero-order chi connectivity index (χ0) is 13.0. The predicted octanol–water partition coefficient (Wildman–Crippen LogP) is 1.84. The monoisotopic (exact) mass is 248 g/mol. The number of hydrogen-bond donors (Lipinski definition) is 1. The van der Waals surface area contributed by atoms with Crippen molar-refractivity contribution >= 4 is 0 Å². The minimum Gasteiger partial charge on any atom is -0.488 e. The Morgan fingerprint density at radius 2 is 2.28 bits per heavy atom. The van der Waals surface area contributed by atoms with Gasteiger partial charge < -0.3 is 15.0 Å². The Bertz CT molecular complexity index is 392. The molecule has 0 aromatic heterocycles. The molecule has 0 radical (unpaired) electrons. The van der Waals surface area contributed by atoms with E-state index < -0.39 is 0 Å². The Hall–Kier alpha value is -1.06. The number of rotatable bonds is 6. The summed E-state index contributed by atoms with van der Waals surface area (Å²) in [6.07, 6.45) is 1.34. The SMILES string of the molecule is CCN(C)CCNCC1Cc2cc(C)ccc2O1. The maximum atomic E-state index is 5.92. The van der Waals surface area contributed by atoms with Gasteiger partial charge in [-0.3, -0.25) is 0 Å². The van der Waals surface area contributed by atoms with Crippen LogP contribution in [0.5, 0.6) is 5.75 Å². The topological polar surface area (TPSA) is 24.5 Å². The van der Waals surface area contributed by atoms with Gasteiger partial charge in [-0.1, -0.05) is 24.6 Å². The Morgan fingerprint density at radius 3 is 3.06 bits per heavy atom. The molecule has 100 valence electrons. The normalized spacial score (nSPS) is 17.9. The molecule has 0 amide bonds. The van der Waals surface area contributed by atoms with Crippen molar-refractivity contribution in [2.24, 2.45) is 0 Å². The summed E-state index contributed by atoms with van der Waals surface area (Å²) in [5, 5.41) is 3.48. The number of nitrogens with zero attached hydrogens (tertiary/aromatic N) is 1. The Kier molecular flexibility index (Phi) is 4.61. The van der Waals surface area contributed by atoms with Crippen LogP contribution in [0.1, 0.15) is 18.1 Å². The summed E-state index contributed by atoms with van der Waals surface area (Å²) in [5.74, 6) is 1.07. The summed E-state index contributed by atoms with van der Waals surface area (Å²) in [5.41, 5.74) is 2.67. The van der Waals surface area contributed by atoms with Crippen LogP contribution in [0, 0.1) is 6.92 Å². The average Bonchev–Trinajstić information content (AvgIpc) is 2.76. The van der Waals surface area contributed by atoms with Gasteiger partial charge in [-0.2, -0.15) is 0 Å². The van der Waals surface area contributed by atoms with Gasteiger partial charge in [-0.15, -0.1) is 0 Å². The van der Waals surface area contributed by atoms with Crippen molar-refractivity contribution in [2.75, 3.05) is 33.2 Å². The molecule has 0 spiro atoms. The van der Waals surface area contributed by atoms with E-state index in [1.165, 1.54) is 11.1 Å². The van der Waals surface area contributed by atoms with Gasteiger partial charge in [0.15, 0.2) is 0 Å². The number of hydrogen-bond acceptors (Lipinski definition) is 3. The summed E-state index contributed by atoms with van der Waals surface area (Å²) in [7, 11) is 2.15. The second-order valence-electron chi connectivity index (χ2n) is 5.16. The van der Waals surface area contributed by atoms with Crippen LogP contribution in [0.2, 0.25) is 0 Å². The van der Waals surface area contributed by atoms with E-state index >= 15 is 0 Å². The minimum absolute atomic E-state index is 0.300. The first-order valence-electron chi connectivity index (χ1n) is 6.84. The molecule has 0 aliphatic carbocycles. The molecule has 1 aromatic rings. The standard InChI is InChI=1S/C15H24N2O/c1-4-17(3)8-7-16-11-14-10-13-9-12(2)5-6-15(13)18-14/h5-6,9,14,16H,4,7-8,10-11H2,1-3H3. The molecule has 3 heteroatoms. The number of likely N-dealkylation sites (N-methyl/N-ethyl adjacent to an activating group) is 1. The van der Waals surface area contributed by atoms with Gasteiger partial charge in [0.05, 0.1) is 0 Å². The van der Waals surface area contributed by atoms with Crippen molar-refractivity contribution in [1.29, 1.82) is 0 Å². The first-order valence-corrected chi connectivity index (χ1v) is 6.84. The number of fused-ring (bicyclic) bond motifs is 1. The maximum absolute atomic E-state index is 5.92. The largest absolute Gasteiger partial charge is 0.488 e. The van der Waals surface area contributed by atoms with Gasteiger partial charge in [-0.25, -0.2) is 0 Å². The lowest BCUT2D eigenvalue weighted by atomic mass is 10.1. The van der Waals surface area contributed by atoms with Crippen LogP contribution in [0.4, 0.5) is 0 Å². The lowest BCUT2D eigenvalue weighted by Crippen LogP contribution is -2.35. The van der Waals surface area contributed by atoms with Crippen molar-refractivity contribution in [3.05, 3.63) is 29.3 Å². The van der Waals surface area contributed by atoms with E-state index in [2.05, 4.69) is 49.3 Å². The molecule has 3 nitrogen and oxygen atoms in total. The van der Waals surface area contributed by atoms with Crippen LogP contribution >= 0.6 is 0 Å². The van der Waals surface area contributed by atoms with Crippen LogP contribution in [0.3, 0.4) is 0 Å². The zero-order valence-electron chi connectivity index (χ0n) is 11.7. The molecule has 1 heterocycles. The highest BCUT2D eigenvalue weighted by molar-refractivity contribution is 5.40. The van der Waals surface area contributed by atoms with E-state index in [-0.39, 0.29) is 0 Å². The highest BCUT2D eigenvalue weighted by Crippen LogP contribution is 2.29. The molecule has 1 unspecified atom stereocenters. The first kappa shape index (κ1) is 13.4. The van der Waals surface area contributed by atoms with E-state index in [9.17, 15) is 0 Å². The van der Waals surface area contributed by atoms with Crippen molar-refractivity contribution in [3.8, 4) is 5.75 Å². The fraction of sp³-hybridized carbons (Fsp3) is 0.600. The van der Waals surface area contributed by atoms with Crippen LogP contribution in [0.25, 0.3) is 0 Å². The molecule has 0 saturated heterocycles. The second kappa shape index (κ2) is 6.21. The summed E-state index contributed by atoms with van der Waals surface area (Å²) in [6.45, 7) is 8.47. The van der Waals surface area contributed by atoms with Gasteiger partial charge in [0.25, 0.3) is 0 Å². The Balaban J connectivity index is 1.71. The Morgan fingerprint density at radius 1 is 1.44 bits per heavy atom. The van der Waals surface area contributed by atoms with Crippen LogP contribution in [0.15, 0.2) is 18.2 Å². The molecule has 1 aliphatic heterocycles. The summed E-state index contributed by atoms with van der Waals surface area (Å²) in [4.78, 5) is 2.31. The van der Waals surface area contributed by atoms with E-state index in [0.717, 1.165) is 38.3 Å². The zero-order valence-corrected chi connectivity index (χ0v) is 11.7. The van der Waals surface area contributed by atoms with Crippen LogP contribution in [-0.4, -0.2) is 44.2 Å². The van der Waals surface area contributed by atoms with Gasteiger partial charge >= 0.3 is 0 Å². The fourth-order valence-corrected chi connectivity index (χ4v) is 2.25. The molecule has 0 fully saturated rings. The number of ether oxygens (including phenoxy) is 1. The maximum Gasteiger partial charge on any atom is 0.123 e. The third kappa shape index (κ3) is 3.47. The third-order valence-electron chi connectivity index (χ3n) is 3.54. The minimum atomic E-state index is 0.300. The van der Waals surface area contributed by atoms with E-state index in [4.69, 9.17) is 4.74 Å². The molecular weight excluding hydrogens is 224 g/mol. The third-order valence-corrected chi connectivity index (χ3v) is 3.54. The fourth-order valence-electron chi connectivity index (χ4n) is 2.25. The van der Waals surface area contributed by atoms with Crippen molar-refractivity contribution < 1.29 is 4.74 Å². The molecule has 2 rings (SSSR count). The highest BCUT2D eigenvalue weighted by atomic mass is 16.5. The van der Waals surface area contributed by atoms with Gasteiger partial charge in [0.1, 0.15) is 11.9 Å². The molecule has 0 saturated carbocycles. The predicted molar refractivity (Wildman–Crippen MR) is 75.3 cm³/mol. The summed E-state index contributed by atoms with van der Waals surface area (Å²) >= 11 is 0. The van der Waals surface area contributed by atoms with Gasteiger partial charge in [0.2, 0.25) is 0 Å². The lowest BCUT2D eigenvalue weighted by molar-refractivity contribution is 0.224. The second-order valence-corrected chi connectivity index (χ2v) is 5.16. The smallest absolute Gasteiger partial charge is 0.123 e. The molecule has 18 heavy (non-hydrogen) atoms. The molecule has 0 bridgehead atoms. The summed E-state index contributed by atoms with van der Waals surface area (Å²) < 4.78 is 5.92. The first-order chi connectivity index (χ1) is 8.69. The lowest BCUT2D eigenvalue weighted by Gasteiger charge is -2.16. The van der Waals surface area contributed by atoms with E-state index in [1.807, 2.05) is 0 Å². The summed E-state index contributed by atoms with van der Waals surface area (Å²) in [6, 6.07) is 6.45. The van der Waals surface area contributed by atoms with E-state index in [0.29, 0.717) is 6.10 Å². The highest BCUT2D eigenvalue weighted by Gasteiger charge is 2.22. The average molecular weight is 248 g/mol. The van der Waals surface area contributed by atoms with E-state index in [1.54, 1.807) is 0 Å². The van der Waals surface area contributed by atoms with Crippen molar-refractivity contribution in [1.82, 2.24) is 10.2 Å². The molecular formula is C15H24N2O. The van der Waals surface area contributed by atoms with Crippen molar-refractivity contribution in [3.63, 3.8) is 0 Å². The van der Waals surface area contributed by atoms with Crippen LogP contribution < -0.4 is 10.1 Å². The van der Waals surface area contributed by atoms with Gasteiger partial charge in [-0.05, 0) is 32.1 Å². The van der Waals surface area contributed by atoms with Crippen molar-refractivity contribution in [2.45, 2.75) is 26.4 Å². The number of nitrogens with one attached hydrogen (secondary N) is 1. The molecule has 1 aromatic carbocycles. The molecule has 1 N–H and O–H groups in total. The molecule has 1 aliphatic rings. The number of benzene rings is 1.